The Labute approximate surface area is 228 Å². The number of hydrogen-bond donors (Lipinski definition) is 4. The van der Waals surface area contributed by atoms with Gasteiger partial charge in [0.05, 0.1) is 12.4 Å². The van der Waals surface area contributed by atoms with Crippen molar-refractivity contribution in [2.24, 2.45) is 0 Å². The van der Waals surface area contributed by atoms with E-state index in [0.29, 0.717) is 0 Å². The van der Waals surface area contributed by atoms with Crippen LogP contribution in [-0.4, -0.2) is 72.3 Å². The number of nitrogens with zero attached hydrogens (tertiary/aromatic N) is 4. The number of nitrogens with one attached hydrogen (secondary N) is 1. The van der Waals surface area contributed by atoms with Gasteiger partial charge in [-0.05, 0) is 32.9 Å². The van der Waals surface area contributed by atoms with E-state index in [1.165, 1.54) is 19.1 Å². The molecule has 0 bridgehead atoms. The van der Waals surface area contributed by atoms with Crippen molar-refractivity contribution in [3.63, 3.8) is 0 Å². The monoisotopic (exact) mass is 578 g/mol. The molecule has 1 unspecified atom stereocenters. The van der Waals surface area contributed by atoms with Crippen molar-refractivity contribution in [1.82, 2.24) is 24.6 Å². The van der Waals surface area contributed by atoms with Crippen LogP contribution < -0.4 is 15.3 Å². The molecule has 16 heteroatoms. The number of hydrogen-bond acceptors (Lipinski definition) is 12. The van der Waals surface area contributed by atoms with Crippen LogP contribution in [0.3, 0.4) is 0 Å². The third-order valence-electron chi connectivity index (χ3n) is 5.84. The molecule has 14 nitrogen and oxygen atoms in total. The number of esters is 1. The molecule has 2 aromatic heterocycles. The molecule has 0 saturated carbocycles. The zero-order valence-electron chi connectivity index (χ0n) is 21.7. The van der Waals surface area contributed by atoms with Crippen LogP contribution in [0.2, 0.25) is 0 Å². The first-order valence-corrected chi connectivity index (χ1v) is 13.6. The van der Waals surface area contributed by atoms with Crippen molar-refractivity contribution in [3.8, 4) is 18.1 Å². The summed E-state index contributed by atoms with van der Waals surface area (Å²) in [7, 11) is -4.41. The normalized spacial score (nSPS) is 24.9. The molecule has 0 amide bonds. The van der Waals surface area contributed by atoms with Crippen LogP contribution in [0.5, 0.6) is 5.75 Å². The lowest BCUT2D eigenvalue weighted by atomic mass is 9.97. The number of rotatable bonds is 10. The lowest BCUT2D eigenvalue weighted by Crippen LogP contribution is -2.46. The second-order valence-corrected chi connectivity index (χ2v) is 10.9. The molecule has 0 radical (unpaired) electrons. The number of anilines is 1. The number of terminal acetylenes is 1. The molecule has 4 rings (SSSR count). The van der Waals surface area contributed by atoms with Crippen LogP contribution in [0.15, 0.2) is 36.7 Å². The molecule has 40 heavy (non-hydrogen) atoms. The fourth-order valence-electron chi connectivity index (χ4n) is 3.90. The van der Waals surface area contributed by atoms with Crippen LogP contribution in [0.25, 0.3) is 11.2 Å². The molecular formula is C24H28FN6O8P. The van der Waals surface area contributed by atoms with Gasteiger partial charge in [0.1, 0.15) is 30.6 Å². The van der Waals surface area contributed by atoms with Gasteiger partial charge in [0, 0.05) is 0 Å². The van der Waals surface area contributed by atoms with Crippen molar-refractivity contribution >= 4 is 30.7 Å². The third-order valence-corrected chi connectivity index (χ3v) is 7.46. The van der Waals surface area contributed by atoms with Crippen molar-refractivity contribution < 1.29 is 42.5 Å². The number of carbonyl (C=O) groups is 1. The predicted octanol–water partition coefficient (Wildman–Crippen LogP) is 1.30. The smallest absolute Gasteiger partial charge is 0.459 e. The number of halogens is 1. The van der Waals surface area contributed by atoms with E-state index in [9.17, 15) is 24.0 Å². The minimum atomic E-state index is -4.41. The molecule has 1 aliphatic rings. The largest absolute Gasteiger partial charge is 0.462 e. The topological polar surface area (TPSA) is 193 Å². The maximum Gasteiger partial charge on any atom is 0.459 e. The summed E-state index contributed by atoms with van der Waals surface area (Å²) < 4.78 is 51.0. The molecule has 0 aliphatic carbocycles. The SMILES string of the molecule is C#C[C@]1(CO[P@@](=O)(N[C@@H](C)C(=O)OC(C)C)Oc2ccccc2)O[C@@H](n2cnc3c(N)nc(F)nc32)C(O)[C@H]1O. The minimum absolute atomic E-state index is 0.0216. The molecule has 0 spiro atoms. The highest BCUT2D eigenvalue weighted by atomic mass is 31.2. The van der Waals surface area contributed by atoms with Gasteiger partial charge in [-0.3, -0.25) is 13.9 Å². The van der Waals surface area contributed by atoms with E-state index in [1.54, 1.807) is 32.0 Å². The summed E-state index contributed by atoms with van der Waals surface area (Å²) in [6, 6.07) is 6.81. The van der Waals surface area contributed by atoms with Crippen molar-refractivity contribution in [2.75, 3.05) is 12.3 Å². The van der Waals surface area contributed by atoms with E-state index in [-0.39, 0.29) is 22.7 Å². The Morgan fingerprint density at radius 3 is 2.67 bits per heavy atom. The van der Waals surface area contributed by atoms with E-state index >= 15 is 0 Å². The Morgan fingerprint density at radius 1 is 1.32 bits per heavy atom. The summed E-state index contributed by atoms with van der Waals surface area (Å²) in [6.45, 7) is 3.91. The Hall–Kier alpha value is -3.64. The molecular weight excluding hydrogens is 550 g/mol. The van der Waals surface area contributed by atoms with Crippen molar-refractivity contribution in [3.05, 3.63) is 42.7 Å². The number of aliphatic hydroxyl groups is 2. The molecule has 6 atom stereocenters. The Bertz CT molecular complexity index is 1470. The van der Waals surface area contributed by atoms with E-state index < -0.39 is 62.6 Å². The van der Waals surface area contributed by atoms with Crippen LogP contribution in [-0.2, 0) is 23.4 Å². The quantitative estimate of drug-likeness (QED) is 0.117. The molecule has 1 aromatic carbocycles. The van der Waals surface area contributed by atoms with Gasteiger partial charge in [-0.15, -0.1) is 6.42 Å². The molecule has 3 aromatic rings. The Morgan fingerprint density at radius 2 is 2.02 bits per heavy atom. The average Bonchev–Trinajstić information content (AvgIpc) is 3.42. The zero-order valence-corrected chi connectivity index (χ0v) is 22.6. The maximum absolute atomic E-state index is 13.9. The van der Waals surface area contributed by atoms with Crippen molar-refractivity contribution in [2.45, 2.75) is 57.0 Å². The average molecular weight is 578 g/mol. The maximum atomic E-state index is 13.9. The van der Waals surface area contributed by atoms with Gasteiger partial charge in [0.25, 0.3) is 0 Å². The number of para-hydroxylation sites is 1. The van der Waals surface area contributed by atoms with Crippen LogP contribution in [0.4, 0.5) is 10.2 Å². The number of carbonyl (C=O) groups excluding carboxylic acids is 1. The number of ether oxygens (including phenoxy) is 2. The van der Waals surface area contributed by atoms with E-state index in [0.717, 1.165) is 10.9 Å². The standard InChI is InChI=1S/C24H28FN6O8P/c1-5-24(18(33)17(32)21(38-24)31-12-27-16-19(26)28-23(25)29-20(16)31)11-36-40(35,39-15-9-7-6-8-10-15)30-14(4)22(34)37-13(2)3/h1,6-10,12-14,17-18,21,32-33H,11H2,2-4H3,(H,30,35)(H2,26,28,29)/t14-,17?,18+,21+,24+,40-/m0/s1. The fraction of sp³-hybridized carbons (Fsp3) is 0.417. The summed E-state index contributed by atoms with van der Waals surface area (Å²) in [4.78, 5) is 23.4. The highest BCUT2D eigenvalue weighted by Gasteiger charge is 2.56. The Kier molecular flexibility index (Phi) is 8.41. The summed E-state index contributed by atoms with van der Waals surface area (Å²) in [5.74, 6) is 1.39. The Balaban J connectivity index is 1.61. The van der Waals surface area contributed by atoms with Gasteiger partial charge in [0.2, 0.25) is 0 Å². The number of fused-ring (bicyclic) bond motifs is 1. The highest BCUT2D eigenvalue weighted by Crippen LogP contribution is 2.48. The van der Waals surface area contributed by atoms with Crippen LogP contribution >= 0.6 is 7.75 Å². The van der Waals surface area contributed by atoms with Gasteiger partial charge < -0.3 is 29.9 Å². The van der Waals surface area contributed by atoms with Gasteiger partial charge in [-0.25, -0.2) is 9.55 Å². The molecule has 1 saturated heterocycles. The number of nitrogen functional groups attached to an aromatic ring is 1. The molecule has 5 N–H and O–H groups in total. The second-order valence-electron chi connectivity index (χ2n) is 9.19. The van der Waals surface area contributed by atoms with E-state index in [4.69, 9.17) is 30.7 Å². The molecule has 3 heterocycles. The van der Waals surface area contributed by atoms with Crippen LogP contribution in [0.1, 0.15) is 27.0 Å². The fourth-order valence-corrected chi connectivity index (χ4v) is 5.42. The summed E-state index contributed by atoms with van der Waals surface area (Å²) in [6.07, 6.45) is 0.337. The molecule has 1 aliphatic heterocycles. The molecule has 1 fully saturated rings. The number of nitrogens with two attached hydrogens (primary N) is 1. The highest BCUT2D eigenvalue weighted by molar-refractivity contribution is 7.52. The van der Waals surface area contributed by atoms with E-state index in [2.05, 4.69) is 26.0 Å². The predicted molar refractivity (Wildman–Crippen MR) is 138 cm³/mol. The lowest BCUT2D eigenvalue weighted by Gasteiger charge is -2.29. The minimum Gasteiger partial charge on any atom is -0.462 e. The lowest BCUT2D eigenvalue weighted by molar-refractivity contribution is -0.149. The third kappa shape index (κ3) is 5.92. The number of aliphatic hydroxyl groups excluding tert-OH is 2. The number of imidazole rings is 1. The first-order chi connectivity index (χ1) is 18.9. The summed E-state index contributed by atoms with van der Waals surface area (Å²) in [5, 5.41) is 24.3. The molecule has 214 valence electrons. The summed E-state index contributed by atoms with van der Waals surface area (Å²) in [5.41, 5.74) is 3.50. The van der Waals surface area contributed by atoms with Crippen LogP contribution in [0, 0.1) is 18.4 Å². The van der Waals surface area contributed by atoms with Crippen molar-refractivity contribution in [1.29, 1.82) is 0 Å². The first kappa shape index (κ1) is 29.3. The zero-order chi connectivity index (χ0) is 29.2. The van der Waals surface area contributed by atoms with Gasteiger partial charge in [0.15, 0.2) is 28.8 Å². The van der Waals surface area contributed by atoms with Gasteiger partial charge in [-0.2, -0.15) is 19.4 Å². The second kappa shape index (κ2) is 11.5. The first-order valence-electron chi connectivity index (χ1n) is 12.0. The van der Waals surface area contributed by atoms with Gasteiger partial charge >= 0.3 is 19.8 Å². The van der Waals surface area contributed by atoms with Gasteiger partial charge in [-0.1, -0.05) is 24.1 Å². The number of aromatic nitrogens is 4. The van der Waals surface area contributed by atoms with E-state index in [1.807, 2.05) is 0 Å². The summed E-state index contributed by atoms with van der Waals surface area (Å²) >= 11 is 0. The number of benzene rings is 1.